The first kappa shape index (κ1) is 22.3. The molecule has 7 nitrogen and oxygen atoms in total. The first-order chi connectivity index (χ1) is 15.2. The van der Waals surface area contributed by atoms with Gasteiger partial charge in [-0.25, -0.2) is 9.50 Å². The van der Waals surface area contributed by atoms with Crippen LogP contribution in [0.3, 0.4) is 0 Å². The highest BCUT2D eigenvalue weighted by Crippen LogP contribution is 2.32. The van der Waals surface area contributed by atoms with Crippen molar-refractivity contribution in [2.75, 3.05) is 6.54 Å². The van der Waals surface area contributed by atoms with Gasteiger partial charge in [0.2, 0.25) is 0 Å². The molecule has 0 aliphatic rings. The monoisotopic (exact) mass is 526 g/mol. The van der Waals surface area contributed by atoms with Crippen molar-refractivity contribution in [2.45, 2.75) is 19.1 Å². The summed E-state index contributed by atoms with van der Waals surface area (Å²) in [5.74, 6) is -0.585. The number of aromatic nitrogens is 5. The molecule has 0 bridgehead atoms. The molecule has 12 heteroatoms. The minimum Gasteiger partial charge on any atom is -0.351 e. The van der Waals surface area contributed by atoms with Gasteiger partial charge >= 0.3 is 6.18 Å². The molecule has 0 aliphatic heterocycles. The molecule has 0 unspecified atom stereocenters. The first-order valence-electron chi connectivity index (χ1n) is 9.41. The Bertz CT molecular complexity index is 1270. The zero-order chi connectivity index (χ0) is 22.9. The maximum atomic E-state index is 13.7. The zero-order valence-electron chi connectivity index (χ0n) is 16.3. The Morgan fingerprint density at radius 1 is 1.19 bits per heavy atom. The summed E-state index contributed by atoms with van der Waals surface area (Å²) in [7, 11) is 0. The van der Waals surface area contributed by atoms with Crippen molar-refractivity contribution in [1.29, 1.82) is 0 Å². The number of rotatable bonds is 6. The number of hydrogen-bond donors (Lipinski definition) is 1. The summed E-state index contributed by atoms with van der Waals surface area (Å²) in [5, 5.41) is 11.1. The second-order valence-corrected chi connectivity index (χ2v) is 8.21. The molecule has 4 aromatic rings. The van der Waals surface area contributed by atoms with Crippen LogP contribution in [0.5, 0.6) is 0 Å². The van der Waals surface area contributed by atoms with Crippen molar-refractivity contribution in [3.8, 4) is 11.3 Å². The second-order valence-electron chi connectivity index (χ2n) is 6.86. The highest BCUT2D eigenvalue weighted by Gasteiger charge is 2.35. The molecule has 3 heterocycles. The standard InChI is InChI=1S/C20H15BrClF3N6O/c21-13-10-27-30(11-13)7-1-6-26-19(32)16-9-18-28-15(12-2-4-14(22)5-3-12)8-17(20(23,24)25)31(18)29-16/h2-5,8-11H,1,6-7H2,(H,26,32). The van der Waals surface area contributed by atoms with Crippen LogP contribution in [0.4, 0.5) is 13.2 Å². The molecule has 0 aliphatic carbocycles. The third-order valence-corrected chi connectivity index (χ3v) is 5.20. The van der Waals surface area contributed by atoms with Crippen LogP contribution in [-0.4, -0.2) is 36.8 Å². The lowest BCUT2D eigenvalue weighted by molar-refractivity contribution is -0.142. The molecule has 0 saturated heterocycles. The topological polar surface area (TPSA) is 77.1 Å². The molecule has 32 heavy (non-hydrogen) atoms. The van der Waals surface area contributed by atoms with E-state index < -0.39 is 17.8 Å². The van der Waals surface area contributed by atoms with Gasteiger partial charge in [-0.05, 0) is 40.5 Å². The van der Waals surface area contributed by atoms with Gasteiger partial charge in [0.15, 0.2) is 17.0 Å². The summed E-state index contributed by atoms with van der Waals surface area (Å²) in [6.07, 6.45) is -0.661. The SMILES string of the molecule is O=C(NCCCn1cc(Br)cn1)c1cc2nc(-c3ccc(Cl)cc3)cc(C(F)(F)F)n2n1. The van der Waals surface area contributed by atoms with E-state index in [0.717, 1.165) is 10.5 Å². The lowest BCUT2D eigenvalue weighted by Gasteiger charge is -2.11. The second kappa shape index (κ2) is 8.91. The summed E-state index contributed by atoms with van der Waals surface area (Å²) in [6.45, 7) is 0.876. The average molecular weight is 528 g/mol. The number of halogens is 5. The molecule has 4 rings (SSSR count). The molecule has 1 amide bonds. The van der Waals surface area contributed by atoms with E-state index in [1.807, 2.05) is 0 Å². The fourth-order valence-electron chi connectivity index (χ4n) is 3.05. The molecular weight excluding hydrogens is 513 g/mol. The maximum Gasteiger partial charge on any atom is 0.433 e. The Morgan fingerprint density at radius 3 is 2.59 bits per heavy atom. The Balaban J connectivity index is 1.56. The fraction of sp³-hybridized carbons (Fsp3) is 0.200. The zero-order valence-corrected chi connectivity index (χ0v) is 18.6. The molecule has 0 atom stereocenters. The molecule has 0 radical (unpaired) electrons. The lowest BCUT2D eigenvalue weighted by Crippen LogP contribution is -2.26. The Hall–Kier alpha value is -2.92. The first-order valence-corrected chi connectivity index (χ1v) is 10.6. The number of nitrogens with one attached hydrogen (secondary N) is 1. The number of benzene rings is 1. The van der Waals surface area contributed by atoms with Gasteiger partial charge in [-0.3, -0.25) is 9.48 Å². The summed E-state index contributed by atoms with van der Waals surface area (Å²) in [5.41, 5.74) is -0.719. The van der Waals surface area contributed by atoms with Crippen LogP contribution in [0.15, 0.2) is 53.3 Å². The van der Waals surface area contributed by atoms with Gasteiger partial charge in [0, 0.05) is 35.9 Å². The average Bonchev–Trinajstić information content (AvgIpc) is 3.36. The molecule has 0 spiro atoms. The van der Waals surface area contributed by atoms with Crippen LogP contribution in [0, 0.1) is 0 Å². The van der Waals surface area contributed by atoms with Gasteiger partial charge in [0.1, 0.15) is 0 Å². The summed E-state index contributed by atoms with van der Waals surface area (Å²) in [4.78, 5) is 16.7. The van der Waals surface area contributed by atoms with Gasteiger partial charge in [-0.15, -0.1) is 0 Å². The van der Waals surface area contributed by atoms with E-state index in [1.165, 1.54) is 6.07 Å². The van der Waals surface area contributed by atoms with Crippen LogP contribution in [0.2, 0.25) is 5.02 Å². The highest BCUT2D eigenvalue weighted by molar-refractivity contribution is 9.10. The van der Waals surface area contributed by atoms with E-state index in [4.69, 9.17) is 11.6 Å². The summed E-state index contributed by atoms with van der Waals surface area (Å²) >= 11 is 9.16. The van der Waals surface area contributed by atoms with E-state index in [1.54, 1.807) is 41.3 Å². The van der Waals surface area contributed by atoms with Crippen molar-refractivity contribution in [2.24, 2.45) is 0 Å². The van der Waals surface area contributed by atoms with Crippen molar-refractivity contribution < 1.29 is 18.0 Å². The van der Waals surface area contributed by atoms with Crippen LogP contribution in [0.1, 0.15) is 22.6 Å². The third-order valence-electron chi connectivity index (χ3n) is 4.54. The number of hydrogen-bond acceptors (Lipinski definition) is 4. The van der Waals surface area contributed by atoms with Crippen molar-refractivity contribution in [3.05, 3.63) is 69.7 Å². The Morgan fingerprint density at radius 2 is 1.94 bits per heavy atom. The van der Waals surface area contributed by atoms with Gasteiger partial charge in [0.05, 0.1) is 16.4 Å². The van der Waals surface area contributed by atoms with E-state index in [2.05, 4.69) is 36.4 Å². The van der Waals surface area contributed by atoms with Crippen LogP contribution >= 0.6 is 27.5 Å². The van der Waals surface area contributed by atoms with Gasteiger partial charge in [-0.1, -0.05) is 23.7 Å². The number of fused-ring (bicyclic) bond motifs is 1. The van der Waals surface area contributed by atoms with Crippen molar-refractivity contribution in [3.63, 3.8) is 0 Å². The van der Waals surface area contributed by atoms with Crippen LogP contribution in [0.25, 0.3) is 16.9 Å². The van der Waals surface area contributed by atoms with Gasteiger partial charge in [-0.2, -0.15) is 23.4 Å². The molecule has 0 saturated carbocycles. The molecular formula is C20H15BrClF3N6O. The molecule has 3 aromatic heterocycles. The summed E-state index contributed by atoms with van der Waals surface area (Å²) in [6, 6.07) is 8.40. The van der Waals surface area contributed by atoms with Crippen LogP contribution < -0.4 is 5.32 Å². The molecule has 0 fully saturated rings. The predicted molar refractivity (Wildman–Crippen MR) is 115 cm³/mol. The van der Waals surface area contributed by atoms with Crippen molar-refractivity contribution >= 4 is 39.1 Å². The number of carbonyl (C=O) groups is 1. The Labute approximate surface area is 193 Å². The fourth-order valence-corrected chi connectivity index (χ4v) is 3.50. The van der Waals surface area contributed by atoms with E-state index in [-0.39, 0.29) is 17.0 Å². The molecule has 1 aromatic carbocycles. The number of alkyl halides is 3. The molecule has 166 valence electrons. The smallest absolute Gasteiger partial charge is 0.351 e. The largest absolute Gasteiger partial charge is 0.433 e. The third kappa shape index (κ3) is 4.94. The molecule has 1 N–H and O–H groups in total. The van der Waals surface area contributed by atoms with Crippen molar-refractivity contribution in [1.82, 2.24) is 29.7 Å². The Kier molecular flexibility index (Phi) is 6.20. The van der Waals surface area contributed by atoms with E-state index in [0.29, 0.717) is 34.6 Å². The number of amides is 1. The minimum absolute atomic E-state index is 0.0867. The van der Waals surface area contributed by atoms with Gasteiger partial charge in [0.25, 0.3) is 5.91 Å². The highest BCUT2D eigenvalue weighted by atomic mass is 79.9. The summed E-state index contributed by atoms with van der Waals surface area (Å²) < 4.78 is 44.2. The lowest BCUT2D eigenvalue weighted by atomic mass is 10.1. The van der Waals surface area contributed by atoms with E-state index in [9.17, 15) is 18.0 Å². The minimum atomic E-state index is -4.69. The predicted octanol–water partition coefficient (Wildman–Crippen LogP) is 4.85. The normalized spacial score (nSPS) is 11.8. The number of aryl methyl sites for hydroxylation is 1. The maximum absolute atomic E-state index is 13.7. The number of carbonyl (C=O) groups excluding carboxylic acids is 1. The van der Waals surface area contributed by atoms with Gasteiger partial charge < -0.3 is 5.32 Å². The van der Waals surface area contributed by atoms with E-state index >= 15 is 0 Å². The van der Waals surface area contributed by atoms with Crippen LogP contribution in [-0.2, 0) is 12.7 Å². The number of nitrogens with zero attached hydrogens (tertiary/aromatic N) is 5. The quantitative estimate of drug-likeness (QED) is 0.364.